The minimum atomic E-state index is -2.02. The predicted octanol–water partition coefficient (Wildman–Crippen LogP) is 3.06. The minimum absolute atomic E-state index is 0.0690. The van der Waals surface area contributed by atoms with E-state index in [2.05, 4.69) is 6.92 Å². The van der Waals surface area contributed by atoms with Gasteiger partial charge in [0.25, 0.3) is 0 Å². The largest absolute Gasteiger partial charge is 0.463 e. The monoisotopic (exact) mass is 1120 g/mol. The highest BCUT2D eigenvalue weighted by Crippen LogP contribution is 2.38. The van der Waals surface area contributed by atoms with Crippen LogP contribution in [0.5, 0.6) is 0 Å². The molecule has 0 saturated carbocycles. The molecule has 78 heavy (non-hydrogen) atoms. The zero-order valence-corrected chi connectivity index (χ0v) is 47.2. The van der Waals surface area contributed by atoms with Gasteiger partial charge in [-0.05, 0) is 74.1 Å². The van der Waals surface area contributed by atoms with Crippen LogP contribution in [0.25, 0.3) is 0 Å². The lowest BCUT2D eigenvalue weighted by molar-refractivity contribution is -0.399. The van der Waals surface area contributed by atoms with Crippen molar-refractivity contribution in [3.05, 3.63) is 11.6 Å². The van der Waals surface area contributed by atoms with E-state index < -0.39 is 171 Å². The van der Waals surface area contributed by atoms with Crippen molar-refractivity contribution < 1.29 is 112 Å². The number of carbonyl (C=O) groups excluding carboxylic acids is 4. The lowest BCUT2D eigenvalue weighted by atomic mass is 9.95. The zero-order valence-electron chi connectivity index (χ0n) is 47.2. The third kappa shape index (κ3) is 17.5. The van der Waals surface area contributed by atoms with Crippen LogP contribution in [0, 0.1) is 11.8 Å². The van der Waals surface area contributed by atoms with Crippen LogP contribution in [0.2, 0.25) is 0 Å². The molecule has 23 heteroatoms. The van der Waals surface area contributed by atoms with Gasteiger partial charge in [-0.15, -0.1) is 0 Å². The van der Waals surface area contributed by atoms with Gasteiger partial charge in [-0.3, -0.25) is 14.4 Å². The Balaban J connectivity index is 1.59. The Kier molecular flexibility index (Phi) is 26.5. The number of aliphatic hydroxyl groups is 7. The molecule has 24 atom stereocenters. The molecule has 0 unspecified atom stereocenters. The van der Waals surface area contributed by atoms with Crippen molar-refractivity contribution in [2.45, 2.75) is 294 Å². The fourth-order valence-electron chi connectivity index (χ4n) is 9.90. The van der Waals surface area contributed by atoms with Gasteiger partial charge < -0.3 is 92.6 Å². The quantitative estimate of drug-likeness (QED) is 0.0536. The lowest BCUT2D eigenvalue weighted by Crippen LogP contribution is -2.68. The Morgan fingerprint density at radius 2 is 1.24 bits per heavy atom. The summed E-state index contributed by atoms with van der Waals surface area (Å²) in [5, 5.41) is 80.0. The molecule has 0 aromatic rings. The molecule has 450 valence electrons. The van der Waals surface area contributed by atoms with Gasteiger partial charge in [0, 0.05) is 12.0 Å². The van der Waals surface area contributed by atoms with Gasteiger partial charge >= 0.3 is 23.9 Å². The summed E-state index contributed by atoms with van der Waals surface area (Å²) >= 11 is 0. The first-order valence-electron chi connectivity index (χ1n) is 28.4. The third-order valence-corrected chi connectivity index (χ3v) is 15.7. The molecule has 5 fully saturated rings. The van der Waals surface area contributed by atoms with Gasteiger partial charge in [-0.25, -0.2) is 4.79 Å². The molecule has 0 amide bonds. The molecule has 5 heterocycles. The summed E-state index contributed by atoms with van der Waals surface area (Å²) in [5.74, 6) is -4.86. The fraction of sp³-hybridized carbons (Fsp3) is 0.891. The van der Waals surface area contributed by atoms with Crippen molar-refractivity contribution in [2.24, 2.45) is 11.8 Å². The summed E-state index contributed by atoms with van der Waals surface area (Å²) < 4.78 is 74.5. The molecule has 2 bridgehead atoms. The molecule has 23 nitrogen and oxygen atoms in total. The van der Waals surface area contributed by atoms with Crippen molar-refractivity contribution >= 4 is 23.9 Å². The highest BCUT2D eigenvalue weighted by Gasteiger charge is 2.58. The van der Waals surface area contributed by atoms with E-state index in [4.69, 9.17) is 56.8 Å². The third-order valence-electron chi connectivity index (χ3n) is 15.7. The summed E-state index contributed by atoms with van der Waals surface area (Å²) in [4.78, 5) is 53.8. The van der Waals surface area contributed by atoms with E-state index in [1.165, 1.54) is 40.7 Å². The maximum atomic E-state index is 14.1. The van der Waals surface area contributed by atoms with E-state index in [-0.39, 0.29) is 18.1 Å². The first-order chi connectivity index (χ1) is 37.0. The normalized spacial score (nSPS) is 40.2. The van der Waals surface area contributed by atoms with E-state index >= 15 is 0 Å². The van der Waals surface area contributed by atoms with Crippen LogP contribution in [0.15, 0.2) is 11.6 Å². The molecule has 5 saturated heterocycles. The standard InChI is InChI=1S/C55H92O23/c1-11-14-20-23-34-24-21-18-16-15-17-19-22-25-36(57)73-47-44(76-52-42(63)41(62)43(32(9)69-52)74-49(64)27(4)12-2)33(10)70-55(48(47)75-50(65)28(5)13-3)78-46-40(61)38(59)35(26-67-51(66)29(6)30(7)56)72-54(46)77-45-39(60)37(58)31(8)68-53(45)71-34/h12,28-35,37-48,52-56,58-63H,11,13-26H2,1-10H3/b27-12+/t28-,29-,30-,31+,32+,33-,34-,35+,37+,38+,39-,40-,41+,42+,43+,44-,45+,46+,47+,48+,52-,53-,54-,55-/m0/s1. The molecule has 0 aliphatic carbocycles. The molecular weight excluding hydrogens is 1030 g/mol. The van der Waals surface area contributed by atoms with Crippen LogP contribution in [0.4, 0.5) is 0 Å². The van der Waals surface area contributed by atoms with Crippen LogP contribution in [0.3, 0.4) is 0 Å². The topological polar surface area (TPSA) is 321 Å². The summed E-state index contributed by atoms with van der Waals surface area (Å²) in [6.07, 6.45) is -22.2. The number of esters is 4. The Labute approximate surface area is 458 Å². The maximum Gasteiger partial charge on any atom is 0.333 e. The zero-order chi connectivity index (χ0) is 57.5. The smallest absolute Gasteiger partial charge is 0.333 e. The Bertz CT molecular complexity index is 1890. The van der Waals surface area contributed by atoms with Gasteiger partial charge in [0.15, 0.2) is 43.5 Å². The van der Waals surface area contributed by atoms with E-state index in [1.54, 1.807) is 27.7 Å². The number of hydrogen-bond acceptors (Lipinski definition) is 23. The van der Waals surface area contributed by atoms with Gasteiger partial charge in [0.05, 0.1) is 42.4 Å². The van der Waals surface area contributed by atoms with Gasteiger partial charge in [0.2, 0.25) is 0 Å². The highest BCUT2D eigenvalue weighted by atomic mass is 16.8. The van der Waals surface area contributed by atoms with Crippen molar-refractivity contribution in [1.82, 2.24) is 0 Å². The number of unbranched alkanes of at least 4 members (excludes halogenated alkanes) is 2. The van der Waals surface area contributed by atoms with Gasteiger partial charge in [-0.2, -0.15) is 0 Å². The summed E-state index contributed by atoms with van der Waals surface area (Å²) in [6.45, 7) is 15.3. The van der Waals surface area contributed by atoms with Gasteiger partial charge in [-0.1, -0.05) is 84.6 Å². The molecule has 0 aromatic carbocycles. The number of hydrogen-bond donors (Lipinski definition) is 7. The summed E-state index contributed by atoms with van der Waals surface area (Å²) in [5.41, 5.74) is 0.247. The average Bonchev–Trinajstić information content (AvgIpc) is 3.49. The SMILES string of the molecule is C/C=C(\C)C(=O)O[C@H]1[C@H](O)[C@@H](O)[C@H](O[C@@H]2[C@H]3OC(=O)CCCCCCCCC[C@H](CCCCC)O[C@@H]4O[C@H](C)[C@@H](O)[C@H](O)[C@H]4O[C@@H]4O[C@H](COC(=O)[C@@H](C)[C@H](C)O)[C@@H](O)[C@H](O)[C@H]4O[C@H](O[C@H]2C)[C@@H]3OC(=O)[C@@H](C)CC)O[C@@H]1C. The van der Waals surface area contributed by atoms with E-state index in [0.29, 0.717) is 32.1 Å². The molecule has 5 aliphatic heterocycles. The van der Waals surface area contributed by atoms with Crippen molar-refractivity contribution in [1.29, 1.82) is 0 Å². The molecular formula is C55H92O23. The maximum absolute atomic E-state index is 14.1. The molecule has 0 radical (unpaired) electrons. The average molecular weight is 1120 g/mol. The minimum Gasteiger partial charge on any atom is -0.463 e. The van der Waals surface area contributed by atoms with Gasteiger partial charge in [0.1, 0.15) is 67.6 Å². The summed E-state index contributed by atoms with van der Waals surface area (Å²) in [6, 6.07) is 0. The molecule has 0 spiro atoms. The van der Waals surface area contributed by atoms with Crippen molar-refractivity contribution in [3.63, 3.8) is 0 Å². The first kappa shape index (κ1) is 65.8. The highest BCUT2D eigenvalue weighted by molar-refractivity contribution is 5.87. The molecule has 7 N–H and O–H groups in total. The number of aliphatic hydroxyl groups excluding tert-OH is 7. The summed E-state index contributed by atoms with van der Waals surface area (Å²) in [7, 11) is 0. The van der Waals surface area contributed by atoms with Crippen LogP contribution in [-0.4, -0.2) is 201 Å². The van der Waals surface area contributed by atoms with Crippen molar-refractivity contribution in [3.8, 4) is 0 Å². The van der Waals surface area contributed by atoms with Crippen molar-refractivity contribution in [2.75, 3.05) is 6.61 Å². The second kappa shape index (κ2) is 31.5. The van der Waals surface area contributed by atoms with Crippen LogP contribution >= 0.6 is 0 Å². The predicted molar refractivity (Wildman–Crippen MR) is 273 cm³/mol. The Morgan fingerprint density at radius 1 is 0.641 bits per heavy atom. The Morgan fingerprint density at radius 3 is 1.88 bits per heavy atom. The van der Waals surface area contributed by atoms with E-state index in [9.17, 15) is 54.9 Å². The molecule has 5 rings (SSSR count). The number of allylic oxidation sites excluding steroid dienone is 1. The number of fused-ring (bicyclic) bond motifs is 4. The second-order valence-electron chi connectivity index (χ2n) is 21.9. The number of carbonyl (C=O) groups is 4. The molecule has 0 aromatic heterocycles. The number of ether oxygens (including phenoxy) is 12. The van der Waals surface area contributed by atoms with Crippen LogP contribution in [0.1, 0.15) is 159 Å². The second-order valence-corrected chi connectivity index (χ2v) is 21.9. The molecule has 5 aliphatic rings. The first-order valence-corrected chi connectivity index (χ1v) is 28.4. The lowest BCUT2D eigenvalue weighted by Gasteiger charge is -2.50. The van der Waals surface area contributed by atoms with E-state index in [1.807, 2.05) is 0 Å². The van der Waals surface area contributed by atoms with Crippen LogP contribution < -0.4 is 0 Å². The van der Waals surface area contributed by atoms with E-state index in [0.717, 1.165) is 51.4 Å². The Hall–Kier alpha value is -2.98. The fourth-order valence-corrected chi connectivity index (χ4v) is 9.90. The van der Waals surface area contributed by atoms with Crippen LogP contribution in [-0.2, 0) is 76.0 Å². The number of rotatable bonds is 15.